The zero-order valence-corrected chi connectivity index (χ0v) is 9.78. The fourth-order valence-electron chi connectivity index (χ4n) is 2.78. The summed E-state index contributed by atoms with van der Waals surface area (Å²) in [6.45, 7) is 2.39. The molecule has 1 heterocycles. The van der Waals surface area contributed by atoms with Crippen LogP contribution in [0.15, 0.2) is 0 Å². The summed E-state index contributed by atoms with van der Waals surface area (Å²) in [7, 11) is 2.19. The highest BCUT2D eigenvalue weighted by Gasteiger charge is 2.26. The second-order valence-corrected chi connectivity index (χ2v) is 5.20. The maximum Gasteiger partial charge on any atom is 0.0693 e. The normalized spacial score (nSPS) is 35.6. The topological polar surface area (TPSA) is 35.5 Å². The fourth-order valence-corrected chi connectivity index (χ4v) is 2.78. The van der Waals surface area contributed by atoms with E-state index < -0.39 is 0 Å². The zero-order valence-electron chi connectivity index (χ0n) is 9.78. The number of aliphatic hydroxyl groups excluding tert-OH is 1. The van der Waals surface area contributed by atoms with Crippen LogP contribution in [0.4, 0.5) is 0 Å². The minimum Gasteiger partial charge on any atom is -0.392 e. The van der Waals surface area contributed by atoms with Crippen molar-refractivity contribution < 1.29 is 5.11 Å². The van der Waals surface area contributed by atoms with Crippen molar-refractivity contribution >= 4 is 0 Å². The van der Waals surface area contributed by atoms with Crippen LogP contribution in [0.1, 0.15) is 38.5 Å². The molecule has 0 aromatic heterocycles. The van der Waals surface area contributed by atoms with Gasteiger partial charge in [0.25, 0.3) is 0 Å². The summed E-state index contributed by atoms with van der Waals surface area (Å²) in [6.07, 6.45) is 7.00. The Kier molecular flexibility index (Phi) is 4.00. The Hall–Kier alpha value is -0.120. The summed E-state index contributed by atoms with van der Waals surface area (Å²) in [6, 6.07) is 1.01. The molecule has 2 fully saturated rings. The molecular weight excluding hydrogens is 188 g/mol. The molecule has 0 aromatic carbocycles. The van der Waals surface area contributed by atoms with Gasteiger partial charge in [-0.3, -0.25) is 0 Å². The van der Waals surface area contributed by atoms with Gasteiger partial charge in [-0.25, -0.2) is 0 Å². The molecule has 0 amide bonds. The molecule has 3 nitrogen and oxygen atoms in total. The van der Waals surface area contributed by atoms with E-state index in [4.69, 9.17) is 0 Å². The van der Waals surface area contributed by atoms with Crippen LogP contribution in [0.5, 0.6) is 0 Å². The largest absolute Gasteiger partial charge is 0.392 e. The highest BCUT2D eigenvalue weighted by molar-refractivity contribution is 4.85. The van der Waals surface area contributed by atoms with E-state index in [1.54, 1.807) is 0 Å². The van der Waals surface area contributed by atoms with E-state index in [1.165, 1.54) is 38.8 Å². The molecule has 0 spiro atoms. The van der Waals surface area contributed by atoms with Crippen molar-refractivity contribution in [3.63, 3.8) is 0 Å². The van der Waals surface area contributed by atoms with E-state index in [-0.39, 0.29) is 6.10 Å². The van der Waals surface area contributed by atoms with Gasteiger partial charge in [0, 0.05) is 12.1 Å². The van der Waals surface area contributed by atoms with Gasteiger partial charge in [-0.15, -0.1) is 0 Å². The average molecular weight is 212 g/mol. The lowest BCUT2D eigenvalue weighted by atomic mass is 9.91. The molecule has 1 saturated carbocycles. The van der Waals surface area contributed by atoms with Crippen molar-refractivity contribution in [3.8, 4) is 0 Å². The lowest BCUT2D eigenvalue weighted by Gasteiger charge is -2.36. The van der Waals surface area contributed by atoms with E-state index in [0.29, 0.717) is 12.1 Å². The van der Waals surface area contributed by atoms with Gasteiger partial charge in [-0.1, -0.05) is 12.8 Å². The first-order chi connectivity index (χ1) is 7.25. The van der Waals surface area contributed by atoms with E-state index in [2.05, 4.69) is 17.3 Å². The Bertz CT molecular complexity index is 190. The minimum atomic E-state index is -0.0987. The SMILES string of the molecule is CN1CCC(N[C@@H]2CCCC[C@H]2O)CC1. The van der Waals surface area contributed by atoms with Crippen LogP contribution < -0.4 is 5.32 Å². The highest BCUT2D eigenvalue weighted by atomic mass is 16.3. The van der Waals surface area contributed by atoms with Gasteiger partial charge in [0.05, 0.1) is 6.10 Å². The molecule has 2 aliphatic rings. The average Bonchev–Trinajstić information content (AvgIpc) is 2.25. The number of nitrogens with zero attached hydrogens (tertiary/aromatic N) is 1. The lowest BCUT2D eigenvalue weighted by Crippen LogP contribution is -2.50. The van der Waals surface area contributed by atoms with Gasteiger partial charge in [-0.2, -0.15) is 0 Å². The number of hydrogen-bond acceptors (Lipinski definition) is 3. The molecule has 1 aliphatic heterocycles. The minimum absolute atomic E-state index is 0.0987. The van der Waals surface area contributed by atoms with Gasteiger partial charge < -0.3 is 15.3 Å². The number of rotatable bonds is 2. The summed E-state index contributed by atoms with van der Waals surface area (Å²) >= 11 is 0. The first-order valence-electron chi connectivity index (χ1n) is 6.38. The summed E-state index contributed by atoms with van der Waals surface area (Å²) in [4.78, 5) is 2.38. The number of piperidine rings is 1. The van der Waals surface area contributed by atoms with Crippen LogP contribution in [-0.2, 0) is 0 Å². The maximum absolute atomic E-state index is 9.88. The highest BCUT2D eigenvalue weighted by Crippen LogP contribution is 2.20. The molecule has 1 aliphatic carbocycles. The third-order valence-corrected chi connectivity index (χ3v) is 3.90. The predicted molar refractivity (Wildman–Crippen MR) is 61.9 cm³/mol. The van der Waals surface area contributed by atoms with Gasteiger partial charge in [0.2, 0.25) is 0 Å². The van der Waals surface area contributed by atoms with Crippen LogP contribution in [0.2, 0.25) is 0 Å². The lowest BCUT2D eigenvalue weighted by molar-refractivity contribution is 0.0781. The number of hydrogen-bond donors (Lipinski definition) is 2. The molecular formula is C12H24N2O. The molecule has 15 heavy (non-hydrogen) atoms. The molecule has 1 saturated heterocycles. The van der Waals surface area contributed by atoms with Gasteiger partial charge >= 0.3 is 0 Å². The van der Waals surface area contributed by atoms with Crippen LogP contribution in [0.25, 0.3) is 0 Å². The van der Waals surface area contributed by atoms with E-state index in [9.17, 15) is 5.11 Å². The molecule has 0 bridgehead atoms. The standard InChI is InChI=1S/C12H24N2O/c1-14-8-6-10(7-9-14)13-11-4-2-3-5-12(11)15/h10-13,15H,2-9H2,1H3/t11-,12-/m1/s1. The van der Waals surface area contributed by atoms with Gasteiger partial charge in [-0.05, 0) is 45.8 Å². The van der Waals surface area contributed by atoms with E-state index >= 15 is 0 Å². The molecule has 2 rings (SSSR count). The van der Waals surface area contributed by atoms with Crippen molar-refractivity contribution in [2.75, 3.05) is 20.1 Å². The second kappa shape index (κ2) is 5.28. The van der Waals surface area contributed by atoms with Crippen molar-refractivity contribution in [2.45, 2.75) is 56.7 Å². The molecule has 0 aromatic rings. The summed E-state index contributed by atoms with van der Waals surface area (Å²) in [5, 5.41) is 13.5. The Morgan fingerprint density at radius 1 is 1.07 bits per heavy atom. The van der Waals surface area contributed by atoms with Crippen molar-refractivity contribution in [3.05, 3.63) is 0 Å². The van der Waals surface area contributed by atoms with E-state index in [0.717, 1.165) is 12.8 Å². The monoisotopic (exact) mass is 212 g/mol. The molecule has 2 atom stereocenters. The van der Waals surface area contributed by atoms with Gasteiger partial charge in [0.15, 0.2) is 0 Å². The van der Waals surface area contributed by atoms with Crippen LogP contribution in [-0.4, -0.2) is 48.3 Å². The van der Waals surface area contributed by atoms with Crippen LogP contribution >= 0.6 is 0 Å². The van der Waals surface area contributed by atoms with Gasteiger partial charge in [0.1, 0.15) is 0 Å². The molecule has 3 heteroatoms. The summed E-state index contributed by atoms with van der Waals surface area (Å²) < 4.78 is 0. The smallest absolute Gasteiger partial charge is 0.0693 e. The number of nitrogens with one attached hydrogen (secondary N) is 1. The predicted octanol–water partition coefficient (Wildman–Crippen LogP) is 0.974. The van der Waals surface area contributed by atoms with Crippen molar-refractivity contribution in [2.24, 2.45) is 0 Å². The third-order valence-electron chi connectivity index (χ3n) is 3.90. The Morgan fingerprint density at radius 2 is 1.73 bits per heavy atom. The number of aliphatic hydroxyl groups is 1. The first kappa shape index (κ1) is 11.4. The first-order valence-corrected chi connectivity index (χ1v) is 6.38. The Morgan fingerprint density at radius 3 is 2.40 bits per heavy atom. The molecule has 2 N–H and O–H groups in total. The van der Waals surface area contributed by atoms with Crippen molar-refractivity contribution in [1.82, 2.24) is 10.2 Å². The van der Waals surface area contributed by atoms with E-state index in [1.807, 2.05) is 0 Å². The fraction of sp³-hybridized carbons (Fsp3) is 1.00. The number of likely N-dealkylation sites (tertiary alicyclic amines) is 1. The van der Waals surface area contributed by atoms with Crippen LogP contribution in [0, 0.1) is 0 Å². The summed E-state index contributed by atoms with van der Waals surface area (Å²) in [5.41, 5.74) is 0. The third kappa shape index (κ3) is 3.16. The Labute approximate surface area is 92.8 Å². The summed E-state index contributed by atoms with van der Waals surface area (Å²) in [5.74, 6) is 0. The molecule has 0 unspecified atom stereocenters. The maximum atomic E-state index is 9.88. The Balaban J connectivity index is 1.75. The quantitative estimate of drug-likeness (QED) is 0.716. The van der Waals surface area contributed by atoms with Crippen molar-refractivity contribution in [1.29, 1.82) is 0 Å². The second-order valence-electron chi connectivity index (χ2n) is 5.20. The molecule has 0 radical (unpaired) electrons. The van der Waals surface area contributed by atoms with Crippen LogP contribution in [0.3, 0.4) is 0 Å². The zero-order chi connectivity index (χ0) is 10.7. The molecule has 88 valence electrons.